The van der Waals surface area contributed by atoms with Crippen molar-refractivity contribution in [1.29, 1.82) is 0 Å². The number of hydrogen-bond donors (Lipinski definition) is 12. The van der Waals surface area contributed by atoms with Crippen molar-refractivity contribution in [3.63, 3.8) is 0 Å². The van der Waals surface area contributed by atoms with Crippen LogP contribution in [-0.4, -0.2) is 193 Å². The lowest BCUT2D eigenvalue weighted by molar-refractivity contribution is -0.379. The van der Waals surface area contributed by atoms with Gasteiger partial charge in [-0.2, -0.15) is 0 Å². The van der Waals surface area contributed by atoms with Gasteiger partial charge in [-0.05, 0) is 64.2 Å². The highest BCUT2D eigenvalue weighted by atomic mass is 16.8. The number of aliphatic hydroxyl groups excluding tert-OH is 11. The Balaban J connectivity index is 1.29. The number of carbonyl (C=O) groups excluding carboxylic acids is 1. The van der Waals surface area contributed by atoms with E-state index in [2.05, 4.69) is 55.6 Å². The van der Waals surface area contributed by atoms with Gasteiger partial charge in [-0.3, -0.25) is 4.79 Å². The Kier molecular flexibility index (Phi) is 71.1. The fourth-order valence-electron chi connectivity index (χ4n) is 16.6. The van der Waals surface area contributed by atoms with E-state index in [9.17, 15) is 61.0 Å². The molecule has 17 unspecified atom stereocenters. The predicted octanol–water partition coefficient (Wildman–Crippen LogP) is 19.9. The van der Waals surface area contributed by atoms with Crippen LogP contribution in [0.4, 0.5) is 0 Å². The molecule has 17 atom stereocenters. The fourth-order valence-corrected chi connectivity index (χ4v) is 16.6. The van der Waals surface area contributed by atoms with E-state index in [-0.39, 0.29) is 18.9 Å². The summed E-state index contributed by atoms with van der Waals surface area (Å²) in [4.78, 5) is 13.5. The van der Waals surface area contributed by atoms with Crippen molar-refractivity contribution >= 4 is 5.91 Å². The largest absolute Gasteiger partial charge is 0.394 e. The van der Waals surface area contributed by atoms with E-state index in [1.165, 1.54) is 353 Å². The van der Waals surface area contributed by atoms with Crippen molar-refractivity contribution in [3.8, 4) is 0 Å². The Bertz CT molecular complexity index is 2280. The maximum absolute atomic E-state index is 13.5. The van der Waals surface area contributed by atoms with E-state index >= 15 is 0 Å². The van der Waals surface area contributed by atoms with Gasteiger partial charge in [0.15, 0.2) is 18.9 Å². The highest BCUT2D eigenvalue weighted by Crippen LogP contribution is 2.34. The van der Waals surface area contributed by atoms with Crippen molar-refractivity contribution in [1.82, 2.24) is 5.32 Å². The second-order valence-corrected chi connectivity index (χ2v) is 34.9. The minimum atomic E-state index is -1.98. The first-order valence-electron chi connectivity index (χ1n) is 48.9. The molecule has 0 saturated carbocycles. The molecular weight excluding hydrogens is 1470 g/mol. The first-order valence-corrected chi connectivity index (χ1v) is 48.9. The molecule has 0 aliphatic carbocycles. The molecule has 12 N–H and O–H groups in total. The molecule has 3 saturated heterocycles. The number of allylic oxidation sites excluding steroid dienone is 7. The van der Waals surface area contributed by atoms with Crippen molar-refractivity contribution in [2.45, 2.75) is 535 Å². The first kappa shape index (κ1) is 108. The van der Waals surface area contributed by atoms with Crippen LogP contribution in [0.3, 0.4) is 0 Å². The van der Waals surface area contributed by atoms with Gasteiger partial charge in [-0.15, -0.1) is 0 Å². The summed E-state index contributed by atoms with van der Waals surface area (Å²) >= 11 is 0. The van der Waals surface area contributed by atoms with Gasteiger partial charge in [0.1, 0.15) is 73.2 Å². The Morgan fingerprint density at radius 2 is 0.578 bits per heavy atom. The van der Waals surface area contributed by atoms with Gasteiger partial charge >= 0.3 is 0 Å². The molecule has 3 aliphatic heterocycles. The summed E-state index contributed by atoms with van der Waals surface area (Å²) in [6.45, 7) is 1.78. The van der Waals surface area contributed by atoms with Crippen LogP contribution in [0.1, 0.15) is 431 Å². The third kappa shape index (κ3) is 53.7. The molecule has 116 heavy (non-hydrogen) atoms. The standard InChI is InChI=1S/C97H181NO18/c1-3-5-7-9-11-13-15-17-19-21-23-25-27-29-31-33-35-36-37-38-39-40-41-42-43-44-45-47-49-51-53-55-57-59-61-63-65-67-69-71-73-75-85(103)98-80(81(102)74-72-70-68-66-64-62-60-58-56-54-52-50-48-46-34-32-30-28-26-24-22-20-18-16-14-12-10-8-6-4-2)79-111-95-91(109)88(106)93(83(77-100)113-95)116-97-92(110)89(107)94(84(78-101)114-97)115-96-90(108)87(105)86(104)82(76-99)112-96/h15,17,21,23,64,66,72,74,80-84,86-97,99-102,104-110H,3-14,16,18-20,22,24-63,65,67-71,73,75-79H2,1-2H3,(H,98,103)/b17-15-,23-21-,66-64+,74-72+. The summed E-state index contributed by atoms with van der Waals surface area (Å²) in [5.74, 6) is -0.276. The maximum atomic E-state index is 13.5. The lowest BCUT2D eigenvalue weighted by Gasteiger charge is -2.48. The van der Waals surface area contributed by atoms with E-state index in [4.69, 9.17) is 28.4 Å². The van der Waals surface area contributed by atoms with Crippen molar-refractivity contribution in [3.05, 3.63) is 48.6 Å². The molecule has 1 amide bonds. The van der Waals surface area contributed by atoms with Gasteiger partial charge in [0, 0.05) is 6.42 Å². The number of unbranched alkanes of at least 4 members (excludes halogenated alkanes) is 59. The molecule has 3 aliphatic rings. The summed E-state index contributed by atoms with van der Waals surface area (Å²) in [7, 11) is 0. The number of aliphatic hydroxyl groups is 11. The van der Waals surface area contributed by atoms with Gasteiger partial charge < -0.3 is 89.9 Å². The molecule has 3 rings (SSSR count). The van der Waals surface area contributed by atoms with Crippen LogP contribution in [0.2, 0.25) is 0 Å². The Morgan fingerprint density at radius 3 is 0.914 bits per heavy atom. The van der Waals surface area contributed by atoms with E-state index in [1.54, 1.807) is 6.08 Å². The van der Waals surface area contributed by atoms with Crippen molar-refractivity contribution in [2.75, 3.05) is 26.4 Å². The average Bonchev–Trinajstić information content (AvgIpc) is 0.783. The van der Waals surface area contributed by atoms with E-state index < -0.39 is 124 Å². The Hall–Kier alpha value is -2.25. The highest BCUT2D eigenvalue weighted by molar-refractivity contribution is 5.76. The van der Waals surface area contributed by atoms with E-state index in [1.807, 2.05) is 6.08 Å². The third-order valence-electron chi connectivity index (χ3n) is 24.3. The second-order valence-electron chi connectivity index (χ2n) is 34.9. The summed E-state index contributed by atoms with van der Waals surface area (Å²) in [5, 5.41) is 121. The fraction of sp³-hybridized carbons (Fsp3) is 0.907. The quantitative estimate of drug-likeness (QED) is 0.0199. The van der Waals surface area contributed by atoms with Gasteiger partial charge in [0.25, 0.3) is 0 Å². The number of hydrogen-bond acceptors (Lipinski definition) is 18. The zero-order chi connectivity index (χ0) is 83.8. The SMILES string of the molecule is CCCCCCC/C=C\C/C=C\CCCCCCCCCCCCCCCCCCCCCCCCCCCCCCCC(=O)NC(COC1OC(CO)C(OC2OC(CO)C(OC3OC(CO)C(O)C(O)C3O)C(O)C2O)C(O)C1O)C(O)/C=C/CC/C=C/CCCCCCCCCCCCCCCCCCCCCCCCCC. The normalized spacial score (nSPS) is 24.6. The number of amides is 1. The van der Waals surface area contributed by atoms with Gasteiger partial charge in [-0.25, -0.2) is 0 Å². The first-order chi connectivity index (χ1) is 56.8. The topological polar surface area (TPSA) is 307 Å². The van der Waals surface area contributed by atoms with Crippen LogP contribution in [0.15, 0.2) is 48.6 Å². The number of ether oxygens (including phenoxy) is 6. The summed E-state index contributed by atoms with van der Waals surface area (Å²) in [5.41, 5.74) is 0. The molecule has 19 nitrogen and oxygen atoms in total. The molecule has 0 radical (unpaired) electrons. The van der Waals surface area contributed by atoms with Gasteiger partial charge in [0.05, 0.1) is 38.6 Å². The van der Waals surface area contributed by atoms with Crippen LogP contribution >= 0.6 is 0 Å². The van der Waals surface area contributed by atoms with Crippen molar-refractivity contribution in [2.24, 2.45) is 0 Å². The highest BCUT2D eigenvalue weighted by Gasteiger charge is 2.54. The lowest BCUT2D eigenvalue weighted by atomic mass is 9.96. The number of carbonyl (C=O) groups is 1. The summed E-state index contributed by atoms with van der Waals surface area (Å²) < 4.78 is 34.5. The summed E-state index contributed by atoms with van der Waals surface area (Å²) in [6, 6.07) is -0.991. The third-order valence-corrected chi connectivity index (χ3v) is 24.3. The Labute approximate surface area is 707 Å². The summed E-state index contributed by atoms with van der Waals surface area (Å²) in [6.07, 6.45) is 74.4. The number of nitrogens with one attached hydrogen (secondary N) is 1. The van der Waals surface area contributed by atoms with E-state index in [0.29, 0.717) is 12.8 Å². The molecule has 0 spiro atoms. The van der Waals surface area contributed by atoms with Crippen LogP contribution in [0, 0.1) is 0 Å². The molecule has 0 aromatic carbocycles. The zero-order valence-electron chi connectivity index (χ0n) is 74.0. The molecule has 682 valence electrons. The molecule has 3 fully saturated rings. The second kappa shape index (κ2) is 76.4. The smallest absolute Gasteiger partial charge is 0.220 e. The minimum absolute atomic E-state index is 0.240. The Morgan fingerprint density at radius 1 is 0.310 bits per heavy atom. The zero-order valence-corrected chi connectivity index (χ0v) is 74.0. The molecule has 0 aromatic heterocycles. The molecule has 3 heterocycles. The van der Waals surface area contributed by atoms with Crippen LogP contribution in [-0.2, 0) is 33.2 Å². The molecule has 19 heteroatoms. The van der Waals surface area contributed by atoms with E-state index in [0.717, 1.165) is 44.9 Å². The van der Waals surface area contributed by atoms with Gasteiger partial charge in [-0.1, -0.05) is 409 Å². The monoisotopic (exact) mass is 1650 g/mol. The molecular formula is C97H181NO18. The maximum Gasteiger partial charge on any atom is 0.220 e. The van der Waals surface area contributed by atoms with Crippen LogP contribution < -0.4 is 5.32 Å². The van der Waals surface area contributed by atoms with Crippen LogP contribution in [0.5, 0.6) is 0 Å². The molecule has 0 aromatic rings. The van der Waals surface area contributed by atoms with Gasteiger partial charge in [0.2, 0.25) is 5.91 Å². The van der Waals surface area contributed by atoms with Crippen molar-refractivity contribution < 1.29 is 89.4 Å². The minimum Gasteiger partial charge on any atom is -0.394 e. The predicted molar refractivity (Wildman–Crippen MR) is 471 cm³/mol. The lowest BCUT2D eigenvalue weighted by Crippen LogP contribution is -2.66. The van der Waals surface area contributed by atoms with Crippen LogP contribution in [0.25, 0.3) is 0 Å². The molecule has 0 bridgehead atoms. The average molecular weight is 1650 g/mol. The number of rotatable bonds is 81.